The van der Waals surface area contributed by atoms with Crippen molar-refractivity contribution in [3.8, 4) is 0 Å². The number of hydrogen-bond donors (Lipinski definition) is 1. The summed E-state index contributed by atoms with van der Waals surface area (Å²) in [5.41, 5.74) is -0.648. The van der Waals surface area contributed by atoms with E-state index in [-0.39, 0.29) is 18.1 Å². The quantitative estimate of drug-likeness (QED) is 0.609. The third kappa shape index (κ3) is 3.51. The Morgan fingerprint density at radius 1 is 1.44 bits per heavy atom. The number of aliphatic hydroxyl groups excluding tert-OH is 1. The Morgan fingerprint density at radius 2 is 2.06 bits per heavy atom. The molecule has 1 N–H and O–H groups in total. The summed E-state index contributed by atoms with van der Waals surface area (Å²) >= 11 is 0. The summed E-state index contributed by atoms with van der Waals surface area (Å²) < 4.78 is 14.8. The van der Waals surface area contributed by atoms with Crippen LogP contribution in [0.15, 0.2) is 23.4 Å². The molecule has 1 rings (SSSR count). The highest BCUT2D eigenvalue weighted by Gasteiger charge is 2.34. The van der Waals surface area contributed by atoms with Crippen LogP contribution in [0.25, 0.3) is 0 Å². The minimum atomic E-state index is -0.954. The van der Waals surface area contributed by atoms with E-state index in [2.05, 4.69) is 4.74 Å². The SMILES string of the molecule is CCOC(=O)/C=C1\OC(=O)C(O)=C1OC(C)(C)C. The van der Waals surface area contributed by atoms with Gasteiger partial charge in [0.2, 0.25) is 11.5 Å². The van der Waals surface area contributed by atoms with E-state index >= 15 is 0 Å². The van der Waals surface area contributed by atoms with Crippen molar-refractivity contribution < 1.29 is 28.9 Å². The van der Waals surface area contributed by atoms with Crippen LogP contribution in [0.3, 0.4) is 0 Å². The number of carbonyl (C=O) groups is 2. The maximum atomic E-state index is 11.3. The third-order valence-corrected chi connectivity index (χ3v) is 1.78. The predicted molar refractivity (Wildman–Crippen MR) is 61.3 cm³/mol. The lowest BCUT2D eigenvalue weighted by Gasteiger charge is -2.21. The Balaban J connectivity index is 3.00. The number of cyclic esters (lactones) is 1. The zero-order valence-corrected chi connectivity index (χ0v) is 10.8. The van der Waals surface area contributed by atoms with Crippen molar-refractivity contribution in [1.29, 1.82) is 0 Å². The highest BCUT2D eigenvalue weighted by Crippen LogP contribution is 2.29. The van der Waals surface area contributed by atoms with Crippen molar-refractivity contribution >= 4 is 11.9 Å². The molecule has 0 amide bonds. The Hall–Kier alpha value is -1.98. The van der Waals surface area contributed by atoms with Crippen LogP contribution in [0.1, 0.15) is 27.7 Å². The van der Waals surface area contributed by atoms with E-state index in [0.29, 0.717) is 0 Å². The molecule has 0 aromatic carbocycles. The number of aliphatic hydroxyl groups is 1. The summed E-state index contributed by atoms with van der Waals surface area (Å²) in [5.74, 6) is -2.58. The number of hydrogen-bond acceptors (Lipinski definition) is 6. The third-order valence-electron chi connectivity index (χ3n) is 1.78. The first-order chi connectivity index (χ1) is 8.24. The second kappa shape index (κ2) is 5.12. The summed E-state index contributed by atoms with van der Waals surface area (Å²) in [7, 11) is 0. The van der Waals surface area contributed by atoms with E-state index in [1.165, 1.54) is 0 Å². The first kappa shape index (κ1) is 14.1. The average Bonchev–Trinajstić information content (AvgIpc) is 2.44. The van der Waals surface area contributed by atoms with Crippen LogP contribution in [0.2, 0.25) is 0 Å². The minimum Gasteiger partial charge on any atom is -0.499 e. The Kier molecular flexibility index (Phi) is 4.00. The first-order valence-electron chi connectivity index (χ1n) is 5.48. The molecule has 1 aliphatic heterocycles. The van der Waals surface area contributed by atoms with Gasteiger partial charge in [-0.1, -0.05) is 0 Å². The van der Waals surface area contributed by atoms with E-state index in [9.17, 15) is 14.7 Å². The molecule has 0 atom stereocenters. The van der Waals surface area contributed by atoms with Crippen LogP contribution in [-0.4, -0.2) is 29.3 Å². The van der Waals surface area contributed by atoms with E-state index < -0.39 is 23.3 Å². The van der Waals surface area contributed by atoms with Gasteiger partial charge in [-0.15, -0.1) is 0 Å². The molecule has 0 aliphatic carbocycles. The molecule has 0 unspecified atom stereocenters. The van der Waals surface area contributed by atoms with Crippen molar-refractivity contribution in [2.45, 2.75) is 33.3 Å². The van der Waals surface area contributed by atoms with Gasteiger partial charge < -0.3 is 19.3 Å². The predicted octanol–water partition coefficient (Wildman–Crippen LogP) is 1.57. The lowest BCUT2D eigenvalue weighted by Crippen LogP contribution is -2.19. The zero-order valence-electron chi connectivity index (χ0n) is 10.8. The second-order valence-corrected chi connectivity index (χ2v) is 4.54. The van der Waals surface area contributed by atoms with Crippen molar-refractivity contribution in [3.63, 3.8) is 0 Å². The Morgan fingerprint density at radius 3 is 2.56 bits per heavy atom. The van der Waals surface area contributed by atoms with Gasteiger partial charge in [-0.25, -0.2) is 9.59 Å². The van der Waals surface area contributed by atoms with E-state index in [0.717, 1.165) is 6.08 Å². The van der Waals surface area contributed by atoms with Gasteiger partial charge in [-0.05, 0) is 27.7 Å². The van der Waals surface area contributed by atoms with Crippen molar-refractivity contribution in [1.82, 2.24) is 0 Å². The summed E-state index contributed by atoms with van der Waals surface area (Å²) in [6, 6.07) is 0. The largest absolute Gasteiger partial charge is 0.499 e. The number of rotatable bonds is 3. The Bertz CT molecular complexity index is 424. The van der Waals surface area contributed by atoms with Crippen molar-refractivity contribution in [2.24, 2.45) is 0 Å². The molecule has 0 fully saturated rings. The van der Waals surface area contributed by atoms with Crippen LogP contribution < -0.4 is 0 Å². The fourth-order valence-corrected chi connectivity index (χ4v) is 1.19. The van der Waals surface area contributed by atoms with Gasteiger partial charge in [0.15, 0.2) is 5.76 Å². The van der Waals surface area contributed by atoms with E-state index in [1.54, 1.807) is 27.7 Å². The topological polar surface area (TPSA) is 82.1 Å². The van der Waals surface area contributed by atoms with Gasteiger partial charge in [-0.3, -0.25) is 0 Å². The highest BCUT2D eigenvalue weighted by molar-refractivity contribution is 5.93. The first-order valence-corrected chi connectivity index (χ1v) is 5.48. The smallest absolute Gasteiger partial charge is 0.383 e. The van der Waals surface area contributed by atoms with Crippen LogP contribution in [0.4, 0.5) is 0 Å². The second-order valence-electron chi connectivity index (χ2n) is 4.54. The molecule has 6 heteroatoms. The van der Waals surface area contributed by atoms with Crippen LogP contribution >= 0.6 is 0 Å². The molecule has 0 bridgehead atoms. The Labute approximate surface area is 105 Å². The highest BCUT2D eigenvalue weighted by atomic mass is 16.6. The summed E-state index contributed by atoms with van der Waals surface area (Å²) in [6.45, 7) is 7.05. The molecule has 0 saturated carbocycles. The van der Waals surface area contributed by atoms with Crippen LogP contribution in [0.5, 0.6) is 0 Å². The maximum absolute atomic E-state index is 11.3. The minimum absolute atomic E-state index is 0.147. The fraction of sp³-hybridized carbons (Fsp3) is 0.500. The van der Waals surface area contributed by atoms with Gasteiger partial charge in [0.05, 0.1) is 12.7 Å². The number of carbonyl (C=O) groups excluding carboxylic acids is 2. The molecule has 0 aromatic rings. The fourth-order valence-electron chi connectivity index (χ4n) is 1.19. The monoisotopic (exact) mass is 256 g/mol. The molecular weight excluding hydrogens is 240 g/mol. The molecule has 6 nitrogen and oxygen atoms in total. The molecule has 1 heterocycles. The molecule has 18 heavy (non-hydrogen) atoms. The van der Waals surface area contributed by atoms with Crippen LogP contribution in [-0.2, 0) is 23.8 Å². The van der Waals surface area contributed by atoms with E-state index in [4.69, 9.17) is 9.47 Å². The van der Waals surface area contributed by atoms with Gasteiger partial charge in [0.1, 0.15) is 5.60 Å². The van der Waals surface area contributed by atoms with Crippen molar-refractivity contribution in [3.05, 3.63) is 23.4 Å². The molecule has 1 aliphatic rings. The van der Waals surface area contributed by atoms with Gasteiger partial charge in [-0.2, -0.15) is 0 Å². The molecule has 100 valence electrons. The molecular formula is C12H16O6. The standard InChI is InChI=1S/C12H16O6/c1-5-16-8(13)6-7-10(18-12(2,3)4)9(14)11(15)17-7/h6,14H,5H2,1-4H3/b7-6-. The molecule has 0 saturated heterocycles. The summed E-state index contributed by atoms with van der Waals surface area (Å²) in [4.78, 5) is 22.5. The van der Waals surface area contributed by atoms with Crippen molar-refractivity contribution in [2.75, 3.05) is 6.61 Å². The van der Waals surface area contributed by atoms with Gasteiger partial charge in [0, 0.05) is 0 Å². The van der Waals surface area contributed by atoms with Gasteiger partial charge >= 0.3 is 11.9 Å². The van der Waals surface area contributed by atoms with E-state index in [1.807, 2.05) is 0 Å². The molecule has 0 radical (unpaired) electrons. The lowest BCUT2D eigenvalue weighted by molar-refractivity contribution is -0.138. The summed E-state index contributed by atoms with van der Waals surface area (Å²) in [5, 5.41) is 9.52. The van der Waals surface area contributed by atoms with Crippen LogP contribution in [0, 0.1) is 0 Å². The number of ether oxygens (including phenoxy) is 3. The summed E-state index contributed by atoms with van der Waals surface area (Å²) in [6.07, 6.45) is 0.964. The number of esters is 2. The lowest BCUT2D eigenvalue weighted by atomic mass is 10.2. The average molecular weight is 256 g/mol. The normalized spacial score (nSPS) is 18.0. The molecule has 0 aromatic heterocycles. The maximum Gasteiger partial charge on any atom is 0.383 e. The molecule has 0 spiro atoms. The van der Waals surface area contributed by atoms with Gasteiger partial charge in [0.25, 0.3) is 0 Å². The zero-order chi connectivity index (χ0) is 13.9.